The van der Waals surface area contributed by atoms with Crippen LogP contribution in [0.3, 0.4) is 0 Å². The molecule has 1 amide bonds. The molecule has 1 saturated heterocycles. The van der Waals surface area contributed by atoms with Crippen molar-refractivity contribution < 1.29 is 9.53 Å². The number of morpholine rings is 1. The van der Waals surface area contributed by atoms with Crippen molar-refractivity contribution in [1.29, 1.82) is 0 Å². The normalized spacial score (nSPS) is 14.4. The Labute approximate surface area is 149 Å². The Bertz CT molecular complexity index is 744. The lowest BCUT2D eigenvalue weighted by Crippen LogP contribution is -2.37. The Balaban J connectivity index is 1.74. The minimum Gasteiger partial charge on any atom is -0.378 e. The smallest absolute Gasteiger partial charge is 0.228 e. The van der Waals surface area contributed by atoms with E-state index < -0.39 is 0 Å². The number of aryl methyl sites for hydroxylation is 3. The third kappa shape index (κ3) is 4.17. The molecule has 0 radical (unpaired) electrons. The number of carbonyl (C=O) groups excluding carboxylic acids is 1. The number of amides is 1. The fourth-order valence-electron chi connectivity index (χ4n) is 3.12. The molecule has 1 N–H and O–H groups in total. The standard InChI is InChI=1S/C20H25N3O2/c1-14-6-4-5-7-17(14)13-19(24)22-20-15(2)12-18(21-16(20)3)23-8-10-25-11-9-23/h4-7,12H,8-11,13H2,1-3H3,(H,22,24). The van der Waals surface area contributed by atoms with Gasteiger partial charge in [0.2, 0.25) is 5.91 Å². The van der Waals surface area contributed by atoms with E-state index in [9.17, 15) is 4.79 Å². The number of nitrogens with one attached hydrogen (secondary N) is 1. The van der Waals surface area contributed by atoms with E-state index in [0.717, 1.165) is 60.2 Å². The van der Waals surface area contributed by atoms with Gasteiger partial charge in [-0.1, -0.05) is 24.3 Å². The van der Waals surface area contributed by atoms with Gasteiger partial charge >= 0.3 is 0 Å². The lowest BCUT2D eigenvalue weighted by Gasteiger charge is -2.28. The summed E-state index contributed by atoms with van der Waals surface area (Å²) in [7, 11) is 0. The van der Waals surface area contributed by atoms with Gasteiger partial charge in [-0.3, -0.25) is 4.79 Å². The predicted octanol–water partition coefficient (Wildman–Crippen LogP) is 3.02. The van der Waals surface area contributed by atoms with Crippen LogP contribution in [0, 0.1) is 20.8 Å². The lowest BCUT2D eigenvalue weighted by atomic mass is 10.1. The highest BCUT2D eigenvalue weighted by atomic mass is 16.5. The van der Waals surface area contributed by atoms with Crippen molar-refractivity contribution in [1.82, 2.24) is 4.98 Å². The van der Waals surface area contributed by atoms with Gasteiger partial charge in [0.05, 0.1) is 31.0 Å². The summed E-state index contributed by atoms with van der Waals surface area (Å²) in [6.07, 6.45) is 0.372. The van der Waals surface area contributed by atoms with Crippen molar-refractivity contribution in [2.45, 2.75) is 27.2 Å². The molecule has 1 fully saturated rings. The average Bonchev–Trinajstić information content (AvgIpc) is 2.61. The molecular formula is C20H25N3O2. The Hall–Kier alpha value is -2.40. The van der Waals surface area contributed by atoms with Gasteiger partial charge in [0, 0.05) is 13.1 Å². The first-order chi connectivity index (χ1) is 12.0. The molecule has 0 atom stereocenters. The third-order valence-corrected chi connectivity index (χ3v) is 4.60. The number of carbonyl (C=O) groups is 1. The van der Waals surface area contributed by atoms with Crippen molar-refractivity contribution in [3.05, 3.63) is 52.7 Å². The number of anilines is 2. The second-order valence-electron chi connectivity index (χ2n) is 6.51. The summed E-state index contributed by atoms with van der Waals surface area (Å²) in [5.74, 6) is 0.941. The summed E-state index contributed by atoms with van der Waals surface area (Å²) in [5.41, 5.74) is 4.88. The third-order valence-electron chi connectivity index (χ3n) is 4.60. The summed E-state index contributed by atoms with van der Waals surface area (Å²) in [6, 6.07) is 10.0. The zero-order valence-corrected chi connectivity index (χ0v) is 15.1. The van der Waals surface area contributed by atoms with E-state index in [1.807, 2.05) is 51.1 Å². The first-order valence-electron chi connectivity index (χ1n) is 8.70. The van der Waals surface area contributed by atoms with E-state index in [-0.39, 0.29) is 5.91 Å². The number of aromatic nitrogens is 1. The number of hydrogen-bond acceptors (Lipinski definition) is 4. The van der Waals surface area contributed by atoms with Crippen LogP contribution in [-0.4, -0.2) is 37.2 Å². The van der Waals surface area contributed by atoms with Crippen LogP contribution in [0.15, 0.2) is 30.3 Å². The number of pyridine rings is 1. The van der Waals surface area contributed by atoms with E-state index in [4.69, 9.17) is 9.72 Å². The zero-order chi connectivity index (χ0) is 17.8. The number of nitrogens with zero attached hydrogens (tertiary/aromatic N) is 2. The Morgan fingerprint density at radius 2 is 1.88 bits per heavy atom. The maximum Gasteiger partial charge on any atom is 0.228 e. The molecule has 5 heteroatoms. The highest BCUT2D eigenvalue weighted by Gasteiger charge is 2.16. The Morgan fingerprint density at radius 3 is 2.56 bits per heavy atom. The minimum absolute atomic E-state index is 0.0126. The first kappa shape index (κ1) is 17.4. The molecule has 3 rings (SSSR count). The Kier molecular flexibility index (Phi) is 5.34. The maximum absolute atomic E-state index is 12.5. The molecule has 1 aliphatic heterocycles. The largest absolute Gasteiger partial charge is 0.378 e. The topological polar surface area (TPSA) is 54.5 Å². The second-order valence-corrected chi connectivity index (χ2v) is 6.51. The van der Waals surface area contributed by atoms with Gasteiger partial charge in [0.15, 0.2) is 0 Å². The van der Waals surface area contributed by atoms with E-state index >= 15 is 0 Å². The molecule has 0 aliphatic carbocycles. The number of ether oxygens (including phenoxy) is 1. The molecule has 2 aromatic rings. The van der Waals surface area contributed by atoms with Crippen molar-refractivity contribution in [2.24, 2.45) is 0 Å². The van der Waals surface area contributed by atoms with Crippen molar-refractivity contribution >= 4 is 17.4 Å². The van der Waals surface area contributed by atoms with E-state index in [1.54, 1.807) is 0 Å². The quantitative estimate of drug-likeness (QED) is 0.930. The monoisotopic (exact) mass is 339 g/mol. The van der Waals surface area contributed by atoms with E-state index in [0.29, 0.717) is 6.42 Å². The summed E-state index contributed by atoms with van der Waals surface area (Å²) < 4.78 is 5.40. The van der Waals surface area contributed by atoms with Crippen LogP contribution in [0.2, 0.25) is 0 Å². The molecule has 0 bridgehead atoms. The molecule has 132 valence electrons. The van der Waals surface area contributed by atoms with Crippen LogP contribution in [0.25, 0.3) is 0 Å². The van der Waals surface area contributed by atoms with E-state index in [1.165, 1.54) is 0 Å². The molecule has 2 heterocycles. The molecule has 25 heavy (non-hydrogen) atoms. The van der Waals surface area contributed by atoms with Crippen molar-refractivity contribution in [3.8, 4) is 0 Å². The van der Waals surface area contributed by atoms with Crippen LogP contribution in [0.4, 0.5) is 11.5 Å². The van der Waals surface area contributed by atoms with Crippen LogP contribution in [-0.2, 0) is 16.0 Å². The van der Waals surface area contributed by atoms with Crippen LogP contribution in [0.5, 0.6) is 0 Å². The zero-order valence-electron chi connectivity index (χ0n) is 15.1. The number of benzene rings is 1. The molecule has 1 aliphatic rings. The van der Waals surface area contributed by atoms with Crippen LogP contribution >= 0.6 is 0 Å². The highest BCUT2D eigenvalue weighted by molar-refractivity contribution is 5.93. The summed E-state index contributed by atoms with van der Waals surface area (Å²) in [4.78, 5) is 19.4. The van der Waals surface area contributed by atoms with Crippen LogP contribution < -0.4 is 10.2 Å². The second kappa shape index (κ2) is 7.66. The van der Waals surface area contributed by atoms with Gasteiger partial charge < -0.3 is 15.0 Å². The van der Waals surface area contributed by atoms with Crippen molar-refractivity contribution in [3.63, 3.8) is 0 Å². The van der Waals surface area contributed by atoms with Gasteiger partial charge in [0.1, 0.15) is 5.82 Å². The molecule has 5 nitrogen and oxygen atoms in total. The van der Waals surface area contributed by atoms with Gasteiger partial charge in [-0.05, 0) is 43.5 Å². The van der Waals surface area contributed by atoms with Gasteiger partial charge in [-0.2, -0.15) is 0 Å². The first-order valence-corrected chi connectivity index (χ1v) is 8.70. The number of rotatable bonds is 4. The predicted molar refractivity (Wildman–Crippen MR) is 100 cm³/mol. The fraction of sp³-hybridized carbons (Fsp3) is 0.400. The molecule has 0 saturated carbocycles. The number of hydrogen-bond donors (Lipinski definition) is 1. The van der Waals surface area contributed by atoms with E-state index in [2.05, 4.69) is 10.2 Å². The molecule has 0 spiro atoms. The van der Waals surface area contributed by atoms with Crippen LogP contribution in [0.1, 0.15) is 22.4 Å². The molecule has 1 aromatic carbocycles. The Morgan fingerprint density at radius 1 is 1.16 bits per heavy atom. The summed E-state index contributed by atoms with van der Waals surface area (Å²) in [5, 5.41) is 3.04. The summed E-state index contributed by atoms with van der Waals surface area (Å²) >= 11 is 0. The highest BCUT2D eigenvalue weighted by Crippen LogP contribution is 2.24. The van der Waals surface area contributed by atoms with Gasteiger partial charge in [0.25, 0.3) is 0 Å². The van der Waals surface area contributed by atoms with Gasteiger partial charge in [-0.25, -0.2) is 4.98 Å². The average molecular weight is 339 g/mol. The molecular weight excluding hydrogens is 314 g/mol. The summed E-state index contributed by atoms with van der Waals surface area (Å²) in [6.45, 7) is 9.15. The minimum atomic E-state index is -0.0126. The van der Waals surface area contributed by atoms with Crippen molar-refractivity contribution in [2.75, 3.05) is 36.5 Å². The SMILES string of the molecule is Cc1ccccc1CC(=O)Nc1c(C)cc(N2CCOCC2)nc1C. The lowest BCUT2D eigenvalue weighted by molar-refractivity contribution is -0.115. The fourth-order valence-corrected chi connectivity index (χ4v) is 3.12. The maximum atomic E-state index is 12.5. The molecule has 0 unspecified atom stereocenters. The van der Waals surface area contributed by atoms with Gasteiger partial charge in [-0.15, -0.1) is 0 Å². The molecule has 1 aromatic heterocycles.